The molecule has 0 spiro atoms. The Morgan fingerprint density at radius 3 is 2.03 bits per heavy atom. The molecule has 2 saturated heterocycles. The number of amides is 2. The van der Waals surface area contributed by atoms with Crippen LogP contribution in [0.4, 0.5) is 9.59 Å². The highest BCUT2D eigenvalue weighted by molar-refractivity contribution is 6.76. The predicted molar refractivity (Wildman–Crippen MR) is 227 cm³/mol. The van der Waals surface area contributed by atoms with E-state index < -0.39 is 19.3 Å². The SMILES string of the molecule is [CH2+]C(C)(C)OC(=O)N1CCCC1c1ncc(-c2cnc3cc(-c4ccc(-c5cnc(C6CCCN6C(=O)OC(C)(C)C)[nH]5)cc4)cnc3c2)n1COCC[Si](C)(C)C. The molecule has 2 amide bonds. The predicted octanol–water partition coefficient (Wildman–Crippen LogP) is 9.82. The van der Waals surface area contributed by atoms with Gasteiger partial charge in [-0.05, 0) is 75.8 Å². The summed E-state index contributed by atoms with van der Waals surface area (Å²) in [4.78, 5) is 52.4. The lowest BCUT2D eigenvalue weighted by atomic mass is 10.0. The van der Waals surface area contributed by atoms with E-state index in [-0.39, 0.29) is 24.3 Å². The topological polar surface area (TPSA) is 141 Å². The molecule has 58 heavy (non-hydrogen) atoms. The van der Waals surface area contributed by atoms with Crippen LogP contribution in [0.25, 0.3) is 44.7 Å². The number of hydrogen-bond acceptors (Lipinski definition) is 9. The van der Waals surface area contributed by atoms with Gasteiger partial charge in [0.05, 0.1) is 46.9 Å². The van der Waals surface area contributed by atoms with Gasteiger partial charge in [0.15, 0.2) is 0 Å². The Morgan fingerprint density at radius 2 is 1.38 bits per heavy atom. The second-order valence-corrected chi connectivity index (χ2v) is 24.0. The largest absolute Gasteiger partial charge is 0.444 e. The van der Waals surface area contributed by atoms with Crippen molar-refractivity contribution in [1.29, 1.82) is 0 Å². The third kappa shape index (κ3) is 9.55. The molecule has 5 aromatic rings. The molecule has 0 bridgehead atoms. The Balaban J connectivity index is 1.10. The molecule has 306 valence electrons. The number of H-pyrrole nitrogens is 1. The van der Waals surface area contributed by atoms with Crippen molar-refractivity contribution in [2.24, 2.45) is 0 Å². The van der Waals surface area contributed by atoms with Crippen molar-refractivity contribution in [3.05, 3.63) is 79.8 Å². The van der Waals surface area contributed by atoms with Gasteiger partial charge in [-0.1, -0.05) is 43.9 Å². The molecule has 0 saturated carbocycles. The van der Waals surface area contributed by atoms with Crippen molar-refractivity contribution in [2.45, 2.75) is 116 Å². The lowest BCUT2D eigenvalue weighted by molar-refractivity contribution is 0.0218. The molecule has 13 nitrogen and oxygen atoms in total. The normalized spacial score (nSPS) is 17.7. The summed E-state index contributed by atoms with van der Waals surface area (Å²) in [6.07, 6.45) is 10.1. The molecule has 6 heterocycles. The summed E-state index contributed by atoms with van der Waals surface area (Å²) in [7, 11) is -1.30. The van der Waals surface area contributed by atoms with Crippen LogP contribution in [-0.2, 0) is 20.9 Å². The maximum atomic E-state index is 13.2. The zero-order chi connectivity index (χ0) is 41.4. The first kappa shape index (κ1) is 41.0. The highest BCUT2D eigenvalue weighted by Gasteiger charge is 2.38. The first-order valence-electron chi connectivity index (χ1n) is 20.3. The van der Waals surface area contributed by atoms with Gasteiger partial charge in [-0.15, -0.1) is 0 Å². The van der Waals surface area contributed by atoms with Crippen LogP contribution in [0.3, 0.4) is 0 Å². The molecule has 0 radical (unpaired) electrons. The quantitative estimate of drug-likeness (QED) is 0.0785. The number of fused-ring (bicyclic) bond motifs is 1. The molecule has 2 aliphatic heterocycles. The number of nitrogens with one attached hydrogen (secondary N) is 1. The van der Waals surface area contributed by atoms with Crippen LogP contribution in [0, 0.1) is 6.92 Å². The van der Waals surface area contributed by atoms with E-state index in [1.54, 1.807) is 23.6 Å². The fourth-order valence-corrected chi connectivity index (χ4v) is 8.25. The molecular formula is C44H57N8O5Si+. The fourth-order valence-electron chi connectivity index (χ4n) is 7.49. The van der Waals surface area contributed by atoms with Crippen LogP contribution in [0.2, 0.25) is 25.7 Å². The van der Waals surface area contributed by atoms with Crippen molar-refractivity contribution in [1.82, 2.24) is 39.3 Å². The van der Waals surface area contributed by atoms with Gasteiger partial charge in [-0.2, -0.15) is 0 Å². The number of ether oxygens (including phenoxy) is 3. The second kappa shape index (κ2) is 16.2. The summed E-state index contributed by atoms with van der Waals surface area (Å²) in [6.45, 7) is 22.4. The Morgan fingerprint density at radius 1 is 0.776 bits per heavy atom. The number of aromatic amines is 1. The first-order valence-corrected chi connectivity index (χ1v) is 24.0. The molecule has 2 aliphatic rings. The van der Waals surface area contributed by atoms with E-state index in [2.05, 4.69) is 71.4 Å². The average Bonchev–Trinajstić information content (AvgIpc) is 3.98. The van der Waals surface area contributed by atoms with Gasteiger partial charge in [0.2, 0.25) is 5.60 Å². The Labute approximate surface area is 342 Å². The monoisotopic (exact) mass is 805 g/mol. The van der Waals surface area contributed by atoms with Gasteiger partial charge in [-0.25, -0.2) is 19.6 Å². The minimum atomic E-state index is -1.30. The van der Waals surface area contributed by atoms with Gasteiger partial charge in [0, 0.05) is 65.1 Å². The van der Waals surface area contributed by atoms with E-state index in [1.165, 1.54) is 0 Å². The molecule has 2 atom stereocenters. The minimum Gasteiger partial charge on any atom is -0.444 e. The summed E-state index contributed by atoms with van der Waals surface area (Å²) in [5, 5.41) is 0. The molecule has 4 aromatic heterocycles. The van der Waals surface area contributed by atoms with Crippen molar-refractivity contribution in [2.75, 3.05) is 19.7 Å². The lowest BCUT2D eigenvalue weighted by Crippen LogP contribution is -2.37. The van der Waals surface area contributed by atoms with Gasteiger partial charge in [0.25, 0.3) is 0 Å². The number of benzene rings is 1. The van der Waals surface area contributed by atoms with Gasteiger partial charge in [0.1, 0.15) is 30.9 Å². The zero-order valence-electron chi connectivity index (χ0n) is 35.2. The average molecular weight is 806 g/mol. The number of likely N-dealkylation sites (tertiary alicyclic amines) is 2. The third-order valence-corrected chi connectivity index (χ3v) is 12.1. The number of carbonyl (C=O) groups excluding carboxylic acids is 2. The van der Waals surface area contributed by atoms with Gasteiger partial charge < -0.3 is 23.8 Å². The van der Waals surface area contributed by atoms with E-state index in [1.807, 2.05) is 51.6 Å². The molecule has 1 N–H and O–H groups in total. The molecule has 7 rings (SSSR count). The first-order chi connectivity index (χ1) is 27.4. The summed E-state index contributed by atoms with van der Waals surface area (Å²) in [6, 6.07) is 13.0. The molecule has 2 fully saturated rings. The molecular weight excluding hydrogens is 749 g/mol. The van der Waals surface area contributed by atoms with Crippen molar-refractivity contribution >= 4 is 31.3 Å². The maximum Gasteiger partial charge on any atom is 0.414 e. The van der Waals surface area contributed by atoms with Crippen molar-refractivity contribution < 1.29 is 23.8 Å². The van der Waals surface area contributed by atoms with Crippen molar-refractivity contribution in [3.8, 4) is 33.6 Å². The van der Waals surface area contributed by atoms with Crippen LogP contribution in [-0.4, -0.2) is 90.4 Å². The van der Waals surface area contributed by atoms with E-state index in [4.69, 9.17) is 29.2 Å². The third-order valence-electron chi connectivity index (χ3n) is 10.4. The standard InChI is InChI=1S/C44H57N8O5Si/c1-43(2,3)56-41(53)50-18-10-12-36(50)39-47-26-35(49-39)30-16-14-29(15-17-30)31-22-33-34(45-24-31)23-32(25-46-33)38-27-48-40(52(38)28-55-20-21-58(7,8)9)37-13-11-19-51(37)42(54)57-44(4,5)6/h14-17,22-27,36-37H,4,10-13,18-21,28H2,1-3,5-9H3,(H,47,49)/q+1. The second-order valence-electron chi connectivity index (χ2n) is 18.3. The molecule has 14 heteroatoms. The lowest BCUT2D eigenvalue weighted by Gasteiger charge is -2.27. The number of rotatable bonds is 11. The highest BCUT2D eigenvalue weighted by Crippen LogP contribution is 2.37. The minimum absolute atomic E-state index is 0.143. The molecule has 1 aromatic carbocycles. The Hall–Kier alpha value is -5.21. The van der Waals surface area contributed by atoms with Crippen LogP contribution < -0.4 is 0 Å². The Kier molecular flexibility index (Phi) is 11.4. The summed E-state index contributed by atoms with van der Waals surface area (Å²) in [5.74, 6) is 1.53. The number of nitrogens with zero attached hydrogens (tertiary/aromatic N) is 7. The maximum absolute atomic E-state index is 13.2. The van der Waals surface area contributed by atoms with E-state index in [0.29, 0.717) is 26.4 Å². The van der Waals surface area contributed by atoms with Crippen molar-refractivity contribution in [3.63, 3.8) is 0 Å². The van der Waals surface area contributed by atoms with Crippen LogP contribution in [0.15, 0.2) is 61.2 Å². The zero-order valence-corrected chi connectivity index (χ0v) is 36.2. The summed E-state index contributed by atoms with van der Waals surface area (Å²) in [5.41, 5.74) is 5.68. The van der Waals surface area contributed by atoms with E-state index in [9.17, 15) is 9.59 Å². The number of imidazole rings is 2. The molecule has 2 unspecified atom stereocenters. The van der Waals surface area contributed by atoms with Crippen LogP contribution >= 0.6 is 0 Å². The summed E-state index contributed by atoms with van der Waals surface area (Å²) >= 11 is 0. The molecule has 0 aliphatic carbocycles. The smallest absolute Gasteiger partial charge is 0.414 e. The van der Waals surface area contributed by atoms with E-state index >= 15 is 0 Å². The Bertz CT molecular complexity index is 2250. The summed E-state index contributed by atoms with van der Waals surface area (Å²) < 4.78 is 19.7. The highest BCUT2D eigenvalue weighted by atomic mass is 28.3. The number of carbonyl (C=O) groups is 2. The van der Waals surface area contributed by atoms with Crippen LogP contribution in [0.5, 0.6) is 0 Å². The number of pyridine rings is 2. The van der Waals surface area contributed by atoms with Gasteiger partial charge in [-0.3, -0.25) is 19.8 Å². The number of aromatic nitrogens is 6. The fraction of sp³-hybridized carbons (Fsp3) is 0.477. The van der Waals surface area contributed by atoms with E-state index in [0.717, 1.165) is 88.1 Å². The number of hydrogen-bond donors (Lipinski definition) is 1. The van der Waals surface area contributed by atoms with Gasteiger partial charge >= 0.3 is 12.2 Å². The van der Waals surface area contributed by atoms with Crippen LogP contribution in [0.1, 0.15) is 84.0 Å².